The molecule has 2 aromatic carbocycles. The summed E-state index contributed by atoms with van der Waals surface area (Å²) in [7, 11) is 0. The molecule has 0 aliphatic carbocycles. The molecule has 2 nitrogen and oxygen atoms in total. The molecule has 2 aromatic rings. The normalized spacial score (nSPS) is 11.3. The van der Waals surface area contributed by atoms with Crippen molar-refractivity contribution in [3.63, 3.8) is 0 Å². The Morgan fingerprint density at radius 1 is 1.00 bits per heavy atom. The van der Waals surface area contributed by atoms with Crippen LogP contribution in [0, 0.1) is 0 Å². The van der Waals surface area contributed by atoms with Crippen LogP contribution in [0.15, 0.2) is 58.3 Å². The Hall–Kier alpha value is -1.95. The minimum absolute atomic E-state index is 0.137. The van der Waals surface area contributed by atoms with Gasteiger partial charge in [-0.05, 0) is 42.5 Å². The number of rotatable bonds is 3. The molecule has 0 heterocycles. The summed E-state index contributed by atoms with van der Waals surface area (Å²) >= 11 is 1.15. The largest absolute Gasteiger partial charge is 0.478 e. The lowest BCUT2D eigenvalue weighted by Gasteiger charge is -2.08. The number of benzene rings is 2. The maximum atomic E-state index is 12.6. The van der Waals surface area contributed by atoms with Gasteiger partial charge >= 0.3 is 12.1 Å². The molecule has 6 heteroatoms. The first-order chi connectivity index (χ1) is 9.36. The number of carbonyl (C=O) groups is 1. The molecule has 0 spiro atoms. The van der Waals surface area contributed by atoms with Crippen LogP contribution < -0.4 is 0 Å². The van der Waals surface area contributed by atoms with E-state index in [-0.39, 0.29) is 5.56 Å². The minimum atomic E-state index is -4.37. The number of hydrogen-bond donors (Lipinski definition) is 1. The van der Waals surface area contributed by atoms with Crippen LogP contribution in [-0.4, -0.2) is 11.1 Å². The Balaban J connectivity index is 2.20. The fourth-order valence-electron chi connectivity index (χ4n) is 1.54. The Morgan fingerprint density at radius 2 is 1.65 bits per heavy atom. The monoisotopic (exact) mass is 298 g/mol. The van der Waals surface area contributed by atoms with Crippen molar-refractivity contribution in [1.82, 2.24) is 0 Å². The van der Waals surface area contributed by atoms with Gasteiger partial charge in [-0.3, -0.25) is 0 Å². The number of aromatic carboxylic acids is 1. The van der Waals surface area contributed by atoms with Crippen molar-refractivity contribution in [2.24, 2.45) is 0 Å². The number of hydrogen-bond acceptors (Lipinski definition) is 2. The van der Waals surface area contributed by atoms with E-state index in [4.69, 9.17) is 5.11 Å². The van der Waals surface area contributed by atoms with Gasteiger partial charge in [0.1, 0.15) is 0 Å². The van der Waals surface area contributed by atoms with E-state index in [1.807, 2.05) is 0 Å². The van der Waals surface area contributed by atoms with E-state index in [1.165, 1.54) is 18.2 Å². The number of carboxylic acid groups (broad SMARTS) is 1. The highest BCUT2D eigenvalue weighted by molar-refractivity contribution is 7.99. The molecule has 0 radical (unpaired) electrons. The average molecular weight is 298 g/mol. The second-order valence-corrected chi connectivity index (χ2v) is 5.10. The second-order valence-electron chi connectivity index (χ2n) is 3.96. The first-order valence-corrected chi connectivity index (χ1v) is 6.36. The quantitative estimate of drug-likeness (QED) is 0.903. The van der Waals surface area contributed by atoms with Crippen LogP contribution >= 0.6 is 11.8 Å². The van der Waals surface area contributed by atoms with Crippen LogP contribution in [0.2, 0.25) is 0 Å². The lowest BCUT2D eigenvalue weighted by molar-refractivity contribution is -0.137. The van der Waals surface area contributed by atoms with E-state index < -0.39 is 17.7 Å². The second kappa shape index (κ2) is 5.58. The molecule has 0 saturated carbocycles. The summed E-state index contributed by atoms with van der Waals surface area (Å²) in [6.07, 6.45) is -4.37. The van der Waals surface area contributed by atoms with Crippen LogP contribution in [0.1, 0.15) is 15.9 Å². The predicted octanol–water partition coefficient (Wildman–Crippen LogP) is 4.55. The van der Waals surface area contributed by atoms with Gasteiger partial charge in [-0.2, -0.15) is 13.2 Å². The summed E-state index contributed by atoms with van der Waals surface area (Å²) in [6, 6.07) is 11.0. The van der Waals surface area contributed by atoms with Gasteiger partial charge in [-0.25, -0.2) is 4.79 Å². The molecular formula is C14H9F3O2S. The third kappa shape index (κ3) is 3.54. The van der Waals surface area contributed by atoms with Gasteiger partial charge in [0.05, 0.1) is 11.1 Å². The lowest BCUT2D eigenvalue weighted by atomic mass is 10.2. The third-order valence-electron chi connectivity index (χ3n) is 2.50. The Bertz CT molecular complexity index is 621. The van der Waals surface area contributed by atoms with Crippen LogP contribution in [0.3, 0.4) is 0 Å². The van der Waals surface area contributed by atoms with E-state index >= 15 is 0 Å². The van der Waals surface area contributed by atoms with Crippen molar-refractivity contribution in [3.8, 4) is 0 Å². The summed E-state index contributed by atoms with van der Waals surface area (Å²) < 4.78 is 37.7. The van der Waals surface area contributed by atoms with Crippen LogP contribution in [0.4, 0.5) is 13.2 Å². The average Bonchev–Trinajstić information content (AvgIpc) is 2.38. The van der Waals surface area contributed by atoms with Crippen molar-refractivity contribution in [1.29, 1.82) is 0 Å². The summed E-state index contributed by atoms with van der Waals surface area (Å²) in [4.78, 5) is 11.8. The zero-order valence-electron chi connectivity index (χ0n) is 10.0. The van der Waals surface area contributed by atoms with Gasteiger partial charge < -0.3 is 5.11 Å². The van der Waals surface area contributed by atoms with Gasteiger partial charge in [0.15, 0.2) is 0 Å². The zero-order chi connectivity index (χ0) is 14.8. The van der Waals surface area contributed by atoms with Crippen molar-refractivity contribution < 1.29 is 23.1 Å². The SMILES string of the molecule is O=C(O)c1ccc(Sc2cccc(C(F)(F)F)c2)cc1. The maximum Gasteiger partial charge on any atom is 0.416 e. The summed E-state index contributed by atoms with van der Waals surface area (Å²) in [5.41, 5.74) is -0.567. The first kappa shape index (κ1) is 14.5. The van der Waals surface area contributed by atoms with Crippen molar-refractivity contribution >= 4 is 17.7 Å². The summed E-state index contributed by atoms with van der Waals surface area (Å²) in [5.74, 6) is -1.04. The smallest absolute Gasteiger partial charge is 0.416 e. The Labute approximate surface area is 117 Å². The molecule has 0 fully saturated rings. The highest BCUT2D eigenvalue weighted by Crippen LogP contribution is 2.34. The van der Waals surface area contributed by atoms with E-state index in [2.05, 4.69) is 0 Å². The van der Waals surface area contributed by atoms with Crippen LogP contribution in [0.25, 0.3) is 0 Å². The number of alkyl halides is 3. The topological polar surface area (TPSA) is 37.3 Å². The molecule has 0 aromatic heterocycles. The first-order valence-electron chi connectivity index (χ1n) is 5.55. The molecule has 0 amide bonds. The molecule has 0 aliphatic heterocycles. The van der Waals surface area contributed by atoms with Crippen molar-refractivity contribution in [2.75, 3.05) is 0 Å². The standard InChI is InChI=1S/C14H9F3O2S/c15-14(16,17)10-2-1-3-12(8-10)20-11-6-4-9(5-7-11)13(18)19/h1-8H,(H,18,19). The molecule has 20 heavy (non-hydrogen) atoms. The molecule has 0 atom stereocenters. The molecule has 104 valence electrons. The molecule has 0 saturated heterocycles. The van der Waals surface area contributed by atoms with Crippen LogP contribution in [-0.2, 0) is 6.18 Å². The van der Waals surface area contributed by atoms with Crippen molar-refractivity contribution in [3.05, 3.63) is 59.7 Å². The maximum absolute atomic E-state index is 12.6. The minimum Gasteiger partial charge on any atom is -0.478 e. The molecule has 0 aliphatic rings. The van der Waals surface area contributed by atoms with E-state index in [1.54, 1.807) is 18.2 Å². The van der Waals surface area contributed by atoms with Gasteiger partial charge in [0.2, 0.25) is 0 Å². The van der Waals surface area contributed by atoms with E-state index in [9.17, 15) is 18.0 Å². The van der Waals surface area contributed by atoms with Gasteiger partial charge in [-0.1, -0.05) is 17.8 Å². The molecule has 0 unspecified atom stereocenters. The Morgan fingerprint density at radius 3 is 2.20 bits per heavy atom. The highest BCUT2D eigenvalue weighted by Gasteiger charge is 2.30. The third-order valence-corrected chi connectivity index (χ3v) is 3.50. The van der Waals surface area contributed by atoms with Crippen molar-refractivity contribution in [2.45, 2.75) is 16.0 Å². The van der Waals surface area contributed by atoms with Gasteiger partial charge in [0, 0.05) is 9.79 Å². The summed E-state index contributed by atoms with van der Waals surface area (Å²) in [6.45, 7) is 0. The number of carboxylic acids is 1. The molecule has 2 rings (SSSR count). The van der Waals surface area contributed by atoms with Gasteiger partial charge in [-0.15, -0.1) is 0 Å². The summed E-state index contributed by atoms with van der Waals surface area (Å²) in [5, 5.41) is 8.76. The predicted molar refractivity (Wildman–Crippen MR) is 69.0 cm³/mol. The lowest BCUT2D eigenvalue weighted by Crippen LogP contribution is -2.04. The van der Waals surface area contributed by atoms with E-state index in [0.29, 0.717) is 9.79 Å². The molecule has 0 bridgehead atoms. The highest BCUT2D eigenvalue weighted by atomic mass is 32.2. The fraction of sp³-hybridized carbons (Fsp3) is 0.0714. The molecular weight excluding hydrogens is 289 g/mol. The zero-order valence-corrected chi connectivity index (χ0v) is 10.8. The van der Waals surface area contributed by atoms with Gasteiger partial charge in [0.25, 0.3) is 0 Å². The fourth-order valence-corrected chi connectivity index (χ4v) is 2.41. The van der Waals surface area contributed by atoms with Crippen LogP contribution in [0.5, 0.6) is 0 Å². The van der Waals surface area contributed by atoms with E-state index in [0.717, 1.165) is 23.9 Å². The number of halogens is 3. The Kier molecular flexibility index (Phi) is 4.04. The molecule has 1 N–H and O–H groups in total.